The Morgan fingerprint density at radius 1 is 1.17 bits per heavy atom. The molecule has 1 aliphatic rings. The lowest BCUT2D eigenvalue weighted by Gasteiger charge is -2.29. The minimum Gasteiger partial charge on any atom is -0.508 e. The van der Waals surface area contributed by atoms with Crippen LogP contribution in [0.1, 0.15) is 31.4 Å². The summed E-state index contributed by atoms with van der Waals surface area (Å²) in [5, 5.41) is 16.1. The van der Waals surface area contributed by atoms with Gasteiger partial charge in [-0.05, 0) is 42.1 Å². The summed E-state index contributed by atoms with van der Waals surface area (Å²) in [5.74, 6) is 1.13. The number of hydrogen-bond donors (Lipinski definition) is 2. The highest BCUT2D eigenvalue weighted by atomic mass is 16.3. The molecule has 2 nitrogen and oxygen atoms in total. The molecule has 3 rings (SSSR count). The summed E-state index contributed by atoms with van der Waals surface area (Å²) in [4.78, 5) is 0. The smallest absolute Gasteiger partial charge is 0.120 e. The van der Waals surface area contributed by atoms with Crippen molar-refractivity contribution in [1.29, 1.82) is 0 Å². The molecule has 0 saturated carbocycles. The molecular weight excluding hydrogens is 222 g/mol. The van der Waals surface area contributed by atoms with Crippen LogP contribution in [0.2, 0.25) is 0 Å². The molecule has 94 valence electrons. The molecule has 1 fully saturated rings. The van der Waals surface area contributed by atoms with Gasteiger partial charge in [0.05, 0.1) is 0 Å². The highest BCUT2D eigenvalue weighted by Gasteiger charge is 2.23. The van der Waals surface area contributed by atoms with Crippen LogP contribution in [0.3, 0.4) is 0 Å². The SMILES string of the molecule is C[C@H]1CCN[C@@H](c2c(O)ccc3ccccc23)C1. The Hall–Kier alpha value is -1.54. The maximum atomic E-state index is 10.2. The topological polar surface area (TPSA) is 32.3 Å². The standard InChI is InChI=1S/C16H19NO/c1-11-8-9-17-14(10-11)16-13-5-3-2-4-12(13)6-7-15(16)18/h2-7,11,14,17-18H,8-10H2,1H3/t11-,14+/m0/s1. The summed E-state index contributed by atoms with van der Waals surface area (Å²) in [5.41, 5.74) is 1.07. The van der Waals surface area contributed by atoms with Crippen LogP contribution in [0.15, 0.2) is 36.4 Å². The van der Waals surface area contributed by atoms with Gasteiger partial charge in [0.1, 0.15) is 5.75 Å². The van der Waals surface area contributed by atoms with E-state index in [0.717, 1.165) is 24.4 Å². The number of aromatic hydroxyl groups is 1. The molecule has 1 aliphatic heterocycles. The fourth-order valence-electron chi connectivity index (χ4n) is 2.98. The van der Waals surface area contributed by atoms with E-state index < -0.39 is 0 Å². The third-order valence-electron chi connectivity index (χ3n) is 3.96. The van der Waals surface area contributed by atoms with Gasteiger partial charge < -0.3 is 10.4 Å². The molecule has 0 radical (unpaired) electrons. The van der Waals surface area contributed by atoms with Crippen molar-refractivity contribution in [2.45, 2.75) is 25.8 Å². The number of hydrogen-bond acceptors (Lipinski definition) is 2. The minimum absolute atomic E-state index is 0.278. The van der Waals surface area contributed by atoms with Gasteiger partial charge in [0, 0.05) is 11.6 Å². The van der Waals surface area contributed by atoms with E-state index in [1.165, 1.54) is 17.2 Å². The first-order chi connectivity index (χ1) is 8.75. The van der Waals surface area contributed by atoms with Gasteiger partial charge >= 0.3 is 0 Å². The number of phenolic OH excluding ortho intramolecular Hbond substituents is 1. The van der Waals surface area contributed by atoms with Gasteiger partial charge in [-0.25, -0.2) is 0 Å². The molecule has 2 aromatic rings. The summed E-state index contributed by atoms with van der Waals surface area (Å²) >= 11 is 0. The lowest BCUT2D eigenvalue weighted by molar-refractivity contribution is 0.319. The van der Waals surface area contributed by atoms with Gasteiger partial charge in [0.2, 0.25) is 0 Å². The molecule has 0 spiro atoms. The number of phenols is 1. The summed E-state index contributed by atoms with van der Waals surface area (Å²) in [6, 6.07) is 12.4. The van der Waals surface area contributed by atoms with Gasteiger partial charge in [-0.3, -0.25) is 0 Å². The van der Waals surface area contributed by atoms with Crippen molar-refractivity contribution < 1.29 is 5.11 Å². The number of piperidine rings is 1. The Bertz CT molecular complexity index is 564. The fraction of sp³-hybridized carbons (Fsp3) is 0.375. The monoisotopic (exact) mass is 241 g/mol. The largest absolute Gasteiger partial charge is 0.508 e. The summed E-state index contributed by atoms with van der Waals surface area (Å²) in [6.45, 7) is 3.32. The van der Waals surface area contributed by atoms with E-state index in [0.29, 0.717) is 5.75 Å². The van der Waals surface area contributed by atoms with Crippen LogP contribution in [-0.2, 0) is 0 Å². The van der Waals surface area contributed by atoms with Gasteiger partial charge in [-0.15, -0.1) is 0 Å². The molecule has 2 heteroatoms. The summed E-state index contributed by atoms with van der Waals surface area (Å²) < 4.78 is 0. The van der Waals surface area contributed by atoms with Crippen LogP contribution in [0.25, 0.3) is 10.8 Å². The minimum atomic E-state index is 0.278. The van der Waals surface area contributed by atoms with E-state index >= 15 is 0 Å². The Morgan fingerprint density at radius 2 is 2.00 bits per heavy atom. The zero-order chi connectivity index (χ0) is 12.5. The van der Waals surface area contributed by atoms with Crippen LogP contribution in [0, 0.1) is 5.92 Å². The molecule has 1 saturated heterocycles. The zero-order valence-electron chi connectivity index (χ0n) is 10.7. The highest BCUT2D eigenvalue weighted by Crippen LogP contribution is 2.37. The first-order valence-corrected chi connectivity index (χ1v) is 6.69. The van der Waals surface area contributed by atoms with Crippen molar-refractivity contribution in [2.24, 2.45) is 5.92 Å². The third-order valence-corrected chi connectivity index (χ3v) is 3.96. The van der Waals surface area contributed by atoms with E-state index in [2.05, 4.69) is 24.4 Å². The van der Waals surface area contributed by atoms with Gasteiger partial charge in [-0.2, -0.15) is 0 Å². The van der Waals surface area contributed by atoms with Crippen LogP contribution in [0.5, 0.6) is 5.75 Å². The quantitative estimate of drug-likeness (QED) is 0.799. The summed E-state index contributed by atoms with van der Waals surface area (Å²) in [6.07, 6.45) is 2.32. The lowest BCUT2D eigenvalue weighted by Crippen LogP contribution is -2.30. The maximum absolute atomic E-state index is 10.2. The second kappa shape index (κ2) is 4.62. The van der Waals surface area contributed by atoms with Crippen molar-refractivity contribution in [2.75, 3.05) is 6.54 Å². The maximum Gasteiger partial charge on any atom is 0.120 e. The van der Waals surface area contributed by atoms with E-state index in [-0.39, 0.29) is 6.04 Å². The number of nitrogens with one attached hydrogen (secondary N) is 1. The Balaban J connectivity index is 2.12. The van der Waals surface area contributed by atoms with Crippen molar-refractivity contribution in [3.8, 4) is 5.75 Å². The van der Waals surface area contributed by atoms with Crippen molar-refractivity contribution in [3.63, 3.8) is 0 Å². The van der Waals surface area contributed by atoms with Gasteiger partial charge in [0.25, 0.3) is 0 Å². The first kappa shape index (κ1) is 11.5. The number of benzene rings is 2. The molecule has 0 aliphatic carbocycles. The molecule has 1 heterocycles. The average molecular weight is 241 g/mol. The second-order valence-corrected chi connectivity index (χ2v) is 5.36. The molecule has 2 aromatic carbocycles. The molecule has 2 atom stereocenters. The fourth-order valence-corrected chi connectivity index (χ4v) is 2.98. The van der Waals surface area contributed by atoms with Gasteiger partial charge in [-0.1, -0.05) is 37.3 Å². The van der Waals surface area contributed by atoms with E-state index in [1.807, 2.05) is 24.3 Å². The summed E-state index contributed by atoms with van der Waals surface area (Å²) in [7, 11) is 0. The van der Waals surface area contributed by atoms with Crippen molar-refractivity contribution in [1.82, 2.24) is 5.32 Å². The zero-order valence-corrected chi connectivity index (χ0v) is 10.7. The first-order valence-electron chi connectivity index (χ1n) is 6.69. The third kappa shape index (κ3) is 1.97. The predicted molar refractivity (Wildman–Crippen MR) is 74.8 cm³/mol. The molecule has 0 amide bonds. The molecule has 0 unspecified atom stereocenters. The van der Waals surface area contributed by atoms with E-state index in [4.69, 9.17) is 0 Å². The van der Waals surface area contributed by atoms with Crippen LogP contribution >= 0.6 is 0 Å². The lowest BCUT2D eigenvalue weighted by atomic mass is 9.87. The van der Waals surface area contributed by atoms with Crippen molar-refractivity contribution >= 4 is 10.8 Å². The normalized spacial score (nSPS) is 24.3. The van der Waals surface area contributed by atoms with E-state index in [9.17, 15) is 5.11 Å². The molecule has 2 N–H and O–H groups in total. The Morgan fingerprint density at radius 3 is 2.83 bits per heavy atom. The second-order valence-electron chi connectivity index (χ2n) is 5.36. The van der Waals surface area contributed by atoms with Crippen molar-refractivity contribution in [3.05, 3.63) is 42.0 Å². The highest BCUT2D eigenvalue weighted by molar-refractivity contribution is 5.88. The Labute approximate surface area is 108 Å². The van der Waals surface area contributed by atoms with E-state index in [1.54, 1.807) is 0 Å². The van der Waals surface area contributed by atoms with Crippen LogP contribution in [0.4, 0.5) is 0 Å². The average Bonchev–Trinajstić information content (AvgIpc) is 2.38. The molecule has 0 bridgehead atoms. The molecule has 0 aromatic heterocycles. The van der Waals surface area contributed by atoms with Gasteiger partial charge in [0.15, 0.2) is 0 Å². The number of rotatable bonds is 1. The molecular formula is C16H19NO. The van der Waals surface area contributed by atoms with Crippen LogP contribution < -0.4 is 5.32 Å². The van der Waals surface area contributed by atoms with Crippen LogP contribution in [-0.4, -0.2) is 11.7 Å². The Kier molecular flexibility index (Phi) is 2.96. The number of fused-ring (bicyclic) bond motifs is 1. The molecule has 18 heavy (non-hydrogen) atoms. The predicted octanol–water partition coefficient (Wildman–Crippen LogP) is 3.61.